The predicted molar refractivity (Wildman–Crippen MR) is 102 cm³/mol. The van der Waals surface area contributed by atoms with Crippen molar-refractivity contribution in [3.05, 3.63) is 78.1 Å². The number of hydrogen-bond acceptors (Lipinski definition) is 5. The number of hydrogen-bond donors (Lipinski definition) is 1. The molecule has 124 valence electrons. The Morgan fingerprint density at radius 1 is 1.00 bits per heavy atom. The summed E-state index contributed by atoms with van der Waals surface area (Å²) in [7, 11) is 0. The van der Waals surface area contributed by atoms with Crippen LogP contribution in [0.5, 0.6) is 0 Å². The topological polar surface area (TPSA) is 74.5 Å². The summed E-state index contributed by atoms with van der Waals surface area (Å²) in [6.07, 6.45) is 3.47. The van der Waals surface area contributed by atoms with Gasteiger partial charge in [0.25, 0.3) is 0 Å². The van der Waals surface area contributed by atoms with Crippen LogP contribution < -0.4 is 5.32 Å². The maximum absolute atomic E-state index is 9.12. The minimum Gasteiger partial charge on any atom is -0.340 e. The van der Waals surface area contributed by atoms with Crippen LogP contribution in [0.3, 0.4) is 0 Å². The average Bonchev–Trinajstić information content (AvgIpc) is 2.69. The number of pyridine rings is 1. The van der Waals surface area contributed by atoms with Crippen molar-refractivity contribution in [2.75, 3.05) is 5.32 Å². The van der Waals surface area contributed by atoms with Gasteiger partial charge in [0, 0.05) is 29.0 Å². The first kappa shape index (κ1) is 15.7. The number of anilines is 2. The third kappa shape index (κ3) is 2.96. The Morgan fingerprint density at radius 2 is 1.88 bits per heavy atom. The summed E-state index contributed by atoms with van der Waals surface area (Å²) in [5.41, 5.74) is 4.22. The zero-order chi connectivity index (χ0) is 17.9. The van der Waals surface area contributed by atoms with Gasteiger partial charge in [0.05, 0.1) is 17.1 Å². The zero-order valence-electron chi connectivity index (χ0n) is 14.1. The van der Waals surface area contributed by atoms with Gasteiger partial charge in [-0.15, -0.1) is 0 Å². The molecule has 2 aromatic heterocycles. The number of aryl methyl sites for hydroxylation is 1. The molecule has 2 aromatic carbocycles. The molecule has 0 radical (unpaired) electrons. The summed E-state index contributed by atoms with van der Waals surface area (Å²) in [5, 5.41) is 13.4. The molecule has 0 fully saturated rings. The normalized spacial score (nSPS) is 10.5. The summed E-state index contributed by atoms with van der Waals surface area (Å²) in [5.74, 6) is 1.31. The number of nitrogens with zero attached hydrogens (tertiary/aromatic N) is 4. The molecule has 0 saturated carbocycles. The molecule has 1 N–H and O–H groups in total. The highest BCUT2D eigenvalue weighted by Gasteiger charge is 2.11. The summed E-state index contributed by atoms with van der Waals surface area (Å²) < 4.78 is 0. The van der Waals surface area contributed by atoms with E-state index in [1.807, 2.05) is 49.4 Å². The molecular weight excluding hydrogens is 322 g/mol. The van der Waals surface area contributed by atoms with Gasteiger partial charge < -0.3 is 5.32 Å². The van der Waals surface area contributed by atoms with Crippen LogP contribution in [-0.2, 0) is 0 Å². The standard InChI is InChI=1S/C21H15N5/c1-14-5-2-9-18-19(14)25-20(16-7-4-10-23-13-16)26-21(18)24-17-8-3-6-15(11-17)12-22/h2-11,13H,1H3,(H,24,25,26). The molecule has 0 unspecified atom stereocenters. The quantitative estimate of drug-likeness (QED) is 0.590. The van der Waals surface area contributed by atoms with Crippen LogP contribution in [-0.4, -0.2) is 15.0 Å². The van der Waals surface area contributed by atoms with Gasteiger partial charge in [-0.3, -0.25) is 4.98 Å². The second-order valence-corrected chi connectivity index (χ2v) is 5.93. The summed E-state index contributed by atoms with van der Waals surface area (Å²) in [6.45, 7) is 2.03. The highest BCUT2D eigenvalue weighted by atomic mass is 15.0. The van der Waals surface area contributed by atoms with Gasteiger partial charge in [-0.25, -0.2) is 9.97 Å². The Labute approximate surface area is 151 Å². The van der Waals surface area contributed by atoms with Gasteiger partial charge in [-0.1, -0.05) is 18.2 Å². The van der Waals surface area contributed by atoms with Gasteiger partial charge in [0.15, 0.2) is 5.82 Å². The number of benzene rings is 2. The van der Waals surface area contributed by atoms with E-state index >= 15 is 0 Å². The molecule has 0 spiro atoms. The lowest BCUT2D eigenvalue weighted by atomic mass is 10.1. The lowest BCUT2D eigenvalue weighted by Crippen LogP contribution is -2.00. The number of aromatic nitrogens is 3. The van der Waals surface area contributed by atoms with Gasteiger partial charge in [0.2, 0.25) is 0 Å². The van der Waals surface area contributed by atoms with Crippen molar-refractivity contribution >= 4 is 22.4 Å². The van der Waals surface area contributed by atoms with Gasteiger partial charge >= 0.3 is 0 Å². The summed E-state index contributed by atoms with van der Waals surface area (Å²) in [4.78, 5) is 13.6. The zero-order valence-corrected chi connectivity index (χ0v) is 14.1. The highest BCUT2D eigenvalue weighted by Crippen LogP contribution is 2.29. The Morgan fingerprint density at radius 3 is 2.69 bits per heavy atom. The minimum atomic E-state index is 0.594. The summed E-state index contributed by atoms with van der Waals surface area (Å²) >= 11 is 0. The van der Waals surface area contributed by atoms with Crippen molar-refractivity contribution in [2.24, 2.45) is 0 Å². The van der Waals surface area contributed by atoms with Crippen LogP contribution in [0.15, 0.2) is 67.0 Å². The Balaban J connectivity index is 1.89. The van der Waals surface area contributed by atoms with Crippen LogP contribution in [0.4, 0.5) is 11.5 Å². The smallest absolute Gasteiger partial charge is 0.163 e. The van der Waals surface area contributed by atoms with Crippen LogP contribution in [0.2, 0.25) is 0 Å². The van der Waals surface area contributed by atoms with E-state index in [9.17, 15) is 0 Å². The molecular formula is C21H15N5. The third-order valence-corrected chi connectivity index (χ3v) is 4.10. The van der Waals surface area contributed by atoms with E-state index in [2.05, 4.69) is 16.4 Å². The SMILES string of the molecule is Cc1cccc2c(Nc3cccc(C#N)c3)nc(-c3cccnc3)nc12. The minimum absolute atomic E-state index is 0.594. The fourth-order valence-electron chi connectivity index (χ4n) is 2.82. The molecule has 0 amide bonds. The van der Waals surface area contributed by atoms with E-state index in [-0.39, 0.29) is 0 Å². The molecule has 0 aliphatic heterocycles. The van der Waals surface area contributed by atoms with Crippen molar-refractivity contribution in [3.8, 4) is 17.5 Å². The molecule has 5 nitrogen and oxygen atoms in total. The second-order valence-electron chi connectivity index (χ2n) is 5.93. The Hall–Kier alpha value is -3.78. The summed E-state index contributed by atoms with van der Waals surface area (Å²) in [6, 6.07) is 19.3. The lowest BCUT2D eigenvalue weighted by molar-refractivity contribution is 1.20. The van der Waals surface area contributed by atoms with E-state index in [0.717, 1.165) is 27.7 Å². The van der Waals surface area contributed by atoms with Crippen LogP contribution in [0, 0.1) is 18.3 Å². The van der Waals surface area contributed by atoms with Crippen LogP contribution >= 0.6 is 0 Å². The van der Waals surface area contributed by atoms with Crippen molar-refractivity contribution in [2.45, 2.75) is 6.92 Å². The molecule has 4 rings (SSSR count). The van der Waals surface area contributed by atoms with Crippen LogP contribution in [0.25, 0.3) is 22.3 Å². The number of para-hydroxylation sites is 1. The average molecular weight is 337 g/mol. The van der Waals surface area contributed by atoms with Crippen molar-refractivity contribution < 1.29 is 0 Å². The first-order valence-corrected chi connectivity index (χ1v) is 8.19. The third-order valence-electron chi connectivity index (χ3n) is 4.10. The van der Waals surface area contributed by atoms with Crippen molar-refractivity contribution in [3.63, 3.8) is 0 Å². The molecule has 4 aromatic rings. The monoisotopic (exact) mass is 337 g/mol. The van der Waals surface area contributed by atoms with E-state index < -0.39 is 0 Å². The predicted octanol–water partition coefficient (Wildman–Crippen LogP) is 4.62. The second kappa shape index (κ2) is 6.61. The number of rotatable bonds is 3. The maximum Gasteiger partial charge on any atom is 0.163 e. The molecule has 0 atom stereocenters. The number of nitrogens with one attached hydrogen (secondary N) is 1. The first-order chi connectivity index (χ1) is 12.7. The fraction of sp³-hybridized carbons (Fsp3) is 0.0476. The van der Waals surface area contributed by atoms with E-state index in [4.69, 9.17) is 15.2 Å². The first-order valence-electron chi connectivity index (χ1n) is 8.19. The Kier molecular flexibility index (Phi) is 4.00. The number of fused-ring (bicyclic) bond motifs is 1. The maximum atomic E-state index is 9.12. The van der Waals surface area contributed by atoms with E-state index in [1.54, 1.807) is 24.5 Å². The van der Waals surface area contributed by atoms with E-state index in [0.29, 0.717) is 17.2 Å². The molecule has 0 saturated heterocycles. The lowest BCUT2D eigenvalue weighted by Gasteiger charge is -2.12. The molecule has 0 aliphatic carbocycles. The molecule has 0 aliphatic rings. The van der Waals surface area contributed by atoms with Gasteiger partial charge in [0.1, 0.15) is 5.82 Å². The molecule has 2 heterocycles. The van der Waals surface area contributed by atoms with Crippen molar-refractivity contribution in [1.29, 1.82) is 5.26 Å². The van der Waals surface area contributed by atoms with Crippen LogP contribution in [0.1, 0.15) is 11.1 Å². The molecule has 0 bridgehead atoms. The largest absolute Gasteiger partial charge is 0.340 e. The highest BCUT2D eigenvalue weighted by molar-refractivity contribution is 5.94. The number of nitriles is 1. The molecule has 5 heteroatoms. The van der Waals surface area contributed by atoms with Gasteiger partial charge in [-0.05, 0) is 48.9 Å². The Bertz CT molecular complexity index is 1130. The fourth-order valence-corrected chi connectivity index (χ4v) is 2.82. The molecule has 26 heavy (non-hydrogen) atoms. The van der Waals surface area contributed by atoms with Gasteiger partial charge in [-0.2, -0.15) is 5.26 Å². The van der Waals surface area contributed by atoms with Crippen molar-refractivity contribution in [1.82, 2.24) is 15.0 Å². The van der Waals surface area contributed by atoms with E-state index in [1.165, 1.54) is 0 Å².